The molecule has 166 valence electrons. The first-order chi connectivity index (χ1) is 14.4. The number of hydrazine groups is 1. The lowest BCUT2D eigenvalue weighted by molar-refractivity contribution is -0.0162. The van der Waals surface area contributed by atoms with Crippen molar-refractivity contribution in [1.29, 1.82) is 5.26 Å². The van der Waals surface area contributed by atoms with E-state index in [0.717, 1.165) is 23.1 Å². The minimum absolute atomic E-state index is 0.0882. The van der Waals surface area contributed by atoms with E-state index in [0.29, 0.717) is 26.3 Å². The second-order valence-electron chi connectivity index (χ2n) is 8.47. The van der Waals surface area contributed by atoms with Crippen LogP contribution in [0.15, 0.2) is 41.3 Å². The fraction of sp³-hybridized carbons (Fsp3) is 0.391. The molecule has 7 nitrogen and oxygen atoms in total. The zero-order valence-corrected chi connectivity index (χ0v) is 19.5. The molecule has 0 bridgehead atoms. The summed E-state index contributed by atoms with van der Waals surface area (Å²) in [7, 11) is 0. The molecule has 0 heterocycles. The second kappa shape index (κ2) is 10.2. The lowest BCUT2D eigenvalue weighted by Crippen LogP contribution is -2.38. The number of carbonyl (C=O) groups excluding carboxylic acids is 1. The Bertz CT molecular complexity index is 949. The van der Waals surface area contributed by atoms with Crippen molar-refractivity contribution < 1.29 is 15.1 Å². The van der Waals surface area contributed by atoms with Gasteiger partial charge in [0.1, 0.15) is 0 Å². The molecular weight excluding hydrogens is 412 g/mol. The van der Waals surface area contributed by atoms with Crippen LogP contribution in [0.3, 0.4) is 0 Å². The van der Waals surface area contributed by atoms with Gasteiger partial charge in [-0.2, -0.15) is 5.26 Å². The number of amides is 2. The first-order valence-corrected chi connectivity index (χ1v) is 10.8. The fourth-order valence-corrected chi connectivity index (χ4v) is 3.74. The van der Waals surface area contributed by atoms with Crippen molar-refractivity contribution in [2.75, 3.05) is 5.32 Å². The maximum Gasteiger partial charge on any atom is 0.336 e. The molecule has 0 atom stereocenters. The Morgan fingerprint density at radius 2 is 1.71 bits per heavy atom. The normalized spacial score (nSPS) is 11.7. The van der Waals surface area contributed by atoms with Gasteiger partial charge in [-0.15, -0.1) is 0 Å². The SMILES string of the molecule is CC(C)c1cc(C#N)cc(C(C)C)c1NC(=O)NN(O)Sc1cccc(C(C)(C)O)c1. The maximum absolute atomic E-state index is 12.6. The van der Waals surface area contributed by atoms with Crippen molar-refractivity contribution in [1.82, 2.24) is 10.0 Å². The molecule has 2 amide bonds. The van der Waals surface area contributed by atoms with Gasteiger partial charge < -0.3 is 10.4 Å². The van der Waals surface area contributed by atoms with Gasteiger partial charge in [0.2, 0.25) is 0 Å². The molecule has 0 aliphatic carbocycles. The molecule has 0 spiro atoms. The average Bonchev–Trinajstić information content (AvgIpc) is 2.66. The zero-order valence-electron chi connectivity index (χ0n) is 18.7. The summed E-state index contributed by atoms with van der Waals surface area (Å²) in [6.45, 7) is 11.3. The summed E-state index contributed by atoms with van der Waals surface area (Å²) in [4.78, 5) is 13.2. The van der Waals surface area contributed by atoms with Crippen molar-refractivity contribution in [2.45, 2.75) is 63.9 Å². The zero-order chi connectivity index (χ0) is 23.3. The van der Waals surface area contributed by atoms with E-state index in [9.17, 15) is 20.4 Å². The number of nitriles is 1. The first-order valence-electron chi connectivity index (χ1n) is 10.1. The van der Waals surface area contributed by atoms with E-state index in [1.54, 1.807) is 50.2 Å². The molecule has 2 rings (SSSR count). The van der Waals surface area contributed by atoms with Crippen LogP contribution in [0.1, 0.15) is 75.6 Å². The lowest BCUT2D eigenvalue weighted by atomic mass is 9.90. The highest BCUT2D eigenvalue weighted by Gasteiger charge is 2.20. The minimum atomic E-state index is -1.02. The molecule has 0 unspecified atom stereocenters. The van der Waals surface area contributed by atoms with Crippen molar-refractivity contribution in [3.05, 3.63) is 58.7 Å². The smallest absolute Gasteiger partial charge is 0.336 e. The minimum Gasteiger partial charge on any atom is -0.386 e. The van der Waals surface area contributed by atoms with Crippen LogP contribution in [0.2, 0.25) is 0 Å². The van der Waals surface area contributed by atoms with Gasteiger partial charge in [0, 0.05) is 22.5 Å². The molecule has 0 aromatic heterocycles. The maximum atomic E-state index is 12.6. The number of hydrogen-bond acceptors (Lipinski definition) is 6. The van der Waals surface area contributed by atoms with Crippen LogP contribution in [-0.4, -0.2) is 20.9 Å². The van der Waals surface area contributed by atoms with Crippen LogP contribution in [0.4, 0.5) is 10.5 Å². The number of benzene rings is 2. The van der Waals surface area contributed by atoms with Crippen LogP contribution in [-0.2, 0) is 5.60 Å². The van der Waals surface area contributed by atoms with Crippen LogP contribution in [0.25, 0.3) is 0 Å². The number of aliphatic hydroxyl groups is 1. The molecular formula is C23H30N4O3S. The molecule has 2 aromatic rings. The highest BCUT2D eigenvalue weighted by atomic mass is 32.2. The van der Waals surface area contributed by atoms with E-state index in [1.807, 2.05) is 27.7 Å². The summed E-state index contributed by atoms with van der Waals surface area (Å²) >= 11 is 0.903. The van der Waals surface area contributed by atoms with E-state index >= 15 is 0 Å². The standard InChI is InChI=1S/C23H30N4O3S/c1-14(2)19-10-16(13-24)11-20(15(3)4)21(19)25-22(28)26-27(30)31-18-9-7-8-17(12-18)23(5,6)29/h7-12,14-15,29-30H,1-6H3,(H2,25,26,28). The Morgan fingerprint density at radius 3 is 2.19 bits per heavy atom. The summed E-state index contributed by atoms with van der Waals surface area (Å²) in [6, 6.07) is 12.2. The Labute approximate surface area is 188 Å². The first kappa shape index (κ1) is 24.7. The predicted octanol–water partition coefficient (Wildman–Crippen LogP) is 5.47. The summed E-state index contributed by atoms with van der Waals surface area (Å²) in [5, 5.41) is 32.5. The van der Waals surface area contributed by atoms with Gasteiger partial charge in [-0.25, -0.2) is 10.2 Å². The number of rotatable bonds is 7. The van der Waals surface area contributed by atoms with E-state index < -0.39 is 11.6 Å². The number of urea groups is 1. The Balaban J connectivity index is 2.18. The van der Waals surface area contributed by atoms with E-state index in [1.165, 1.54) is 0 Å². The molecule has 0 saturated heterocycles. The summed E-state index contributed by atoms with van der Waals surface area (Å²) in [5.74, 6) is 0.176. The van der Waals surface area contributed by atoms with Crippen LogP contribution < -0.4 is 10.7 Å². The van der Waals surface area contributed by atoms with Crippen molar-refractivity contribution in [3.8, 4) is 6.07 Å². The van der Waals surface area contributed by atoms with E-state index in [-0.39, 0.29) is 11.8 Å². The third-order valence-electron chi connectivity index (χ3n) is 4.74. The third kappa shape index (κ3) is 6.71. The molecule has 0 aliphatic heterocycles. The molecule has 31 heavy (non-hydrogen) atoms. The van der Waals surface area contributed by atoms with Gasteiger partial charge >= 0.3 is 6.03 Å². The lowest BCUT2D eigenvalue weighted by Gasteiger charge is -2.22. The highest BCUT2D eigenvalue weighted by molar-refractivity contribution is 7.96. The number of anilines is 1. The molecule has 0 radical (unpaired) electrons. The van der Waals surface area contributed by atoms with Crippen molar-refractivity contribution in [2.24, 2.45) is 0 Å². The van der Waals surface area contributed by atoms with E-state index in [4.69, 9.17) is 0 Å². The Kier molecular flexibility index (Phi) is 8.09. The van der Waals surface area contributed by atoms with Crippen LogP contribution >= 0.6 is 11.9 Å². The van der Waals surface area contributed by atoms with E-state index in [2.05, 4.69) is 16.8 Å². The molecule has 4 N–H and O–H groups in total. The number of nitrogens with zero attached hydrogens (tertiary/aromatic N) is 2. The van der Waals surface area contributed by atoms with Crippen LogP contribution in [0, 0.1) is 11.3 Å². The van der Waals surface area contributed by atoms with Gasteiger partial charge in [0.15, 0.2) is 0 Å². The largest absolute Gasteiger partial charge is 0.386 e. The Hall–Kier alpha value is -2.57. The van der Waals surface area contributed by atoms with Gasteiger partial charge in [0.25, 0.3) is 0 Å². The summed E-state index contributed by atoms with van der Waals surface area (Å²) in [5.41, 5.74) is 4.94. The Morgan fingerprint density at radius 1 is 1.13 bits per heavy atom. The van der Waals surface area contributed by atoms with Gasteiger partial charge in [-0.05, 0) is 71.2 Å². The molecule has 8 heteroatoms. The van der Waals surface area contributed by atoms with Gasteiger partial charge in [-0.3, -0.25) is 5.21 Å². The monoisotopic (exact) mass is 442 g/mol. The number of hydrogen-bond donors (Lipinski definition) is 4. The van der Waals surface area contributed by atoms with Gasteiger partial charge in [-0.1, -0.05) is 39.8 Å². The van der Waals surface area contributed by atoms with Gasteiger partial charge in [0.05, 0.1) is 17.2 Å². The predicted molar refractivity (Wildman–Crippen MR) is 123 cm³/mol. The third-order valence-corrected chi connectivity index (χ3v) is 5.47. The quantitative estimate of drug-likeness (QED) is 0.335. The topological polar surface area (TPSA) is 109 Å². The molecule has 0 saturated carbocycles. The molecule has 0 aliphatic rings. The number of carbonyl (C=O) groups is 1. The summed E-state index contributed by atoms with van der Waals surface area (Å²) < 4.78 is 0.618. The van der Waals surface area contributed by atoms with Crippen molar-refractivity contribution in [3.63, 3.8) is 0 Å². The number of nitrogens with one attached hydrogen (secondary N) is 2. The van der Waals surface area contributed by atoms with Crippen molar-refractivity contribution >= 4 is 23.7 Å². The molecule has 2 aromatic carbocycles. The molecule has 0 fully saturated rings. The van der Waals surface area contributed by atoms with Crippen LogP contribution in [0.5, 0.6) is 0 Å². The summed E-state index contributed by atoms with van der Waals surface area (Å²) in [6.07, 6.45) is 0. The average molecular weight is 443 g/mol. The fourth-order valence-electron chi connectivity index (χ4n) is 3.09. The highest BCUT2D eigenvalue weighted by Crippen LogP contribution is 2.34. The second-order valence-corrected chi connectivity index (χ2v) is 9.47.